The number of amides is 1. The fourth-order valence-corrected chi connectivity index (χ4v) is 3.36. The minimum Gasteiger partial charge on any atom is -0.326 e. The number of anilines is 1. The Hall–Kier alpha value is -2.63. The van der Waals surface area contributed by atoms with Crippen LogP contribution in [0.1, 0.15) is 22.5 Å². The summed E-state index contributed by atoms with van der Waals surface area (Å²) in [6.45, 7) is 7.07. The molecule has 0 saturated heterocycles. The summed E-state index contributed by atoms with van der Waals surface area (Å²) in [5.74, 6) is -0.0267. The van der Waals surface area contributed by atoms with E-state index in [9.17, 15) is 4.79 Å². The monoisotopic (exact) mass is 397 g/mol. The van der Waals surface area contributed by atoms with E-state index in [0.717, 1.165) is 44.8 Å². The van der Waals surface area contributed by atoms with Crippen LogP contribution < -0.4 is 10.2 Å². The van der Waals surface area contributed by atoms with Gasteiger partial charge < -0.3 is 10.2 Å². The molecule has 5 nitrogen and oxygen atoms in total. The lowest BCUT2D eigenvalue weighted by Gasteiger charge is -2.14. The van der Waals surface area contributed by atoms with Crippen LogP contribution in [0.5, 0.6) is 0 Å². The molecule has 0 aliphatic rings. The molecule has 0 bridgehead atoms. The first-order valence-corrected chi connectivity index (χ1v) is 9.70. The SMILES string of the molecule is Cc1ccc(-n2nc(C)c(NC(=O)C[NH+](C)Cc3ccc(Cl)cc3)c2C)cc1. The van der Waals surface area contributed by atoms with Crippen LogP contribution >= 0.6 is 11.6 Å². The fourth-order valence-electron chi connectivity index (χ4n) is 3.23. The number of nitrogens with one attached hydrogen (secondary N) is 2. The summed E-state index contributed by atoms with van der Waals surface area (Å²) in [4.78, 5) is 13.7. The van der Waals surface area contributed by atoms with E-state index in [1.165, 1.54) is 5.56 Å². The van der Waals surface area contributed by atoms with E-state index in [2.05, 4.69) is 29.5 Å². The highest BCUT2D eigenvalue weighted by atomic mass is 35.5. The molecule has 2 aromatic carbocycles. The molecule has 0 fully saturated rings. The molecule has 1 heterocycles. The lowest BCUT2D eigenvalue weighted by molar-refractivity contribution is -0.885. The first kappa shape index (κ1) is 20.1. The van der Waals surface area contributed by atoms with Crippen molar-refractivity contribution in [1.82, 2.24) is 9.78 Å². The number of carbonyl (C=O) groups excluding carboxylic acids is 1. The van der Waals surface area contributed by atoms with Gasteiger partial charge in [-0.2, -0.15) is 5.10 Å². The first-order chi connectivity index (χ1) is 13.3. The molecule has 146 valence electrons. The molecular weight excluding hydrogens is 372 g/mol. The number of likely N-dealkylation sites (N-methyl/N-ethyl adjacent to an activating group) is 1. The number of hydrogen-bond acceptors (Lipinski definition) is 2. The standard InChI is InChI=1S/C22H25ClN4O/c1-15-5-11-20(12-6-15)27-17(3)22(16(2)25-27)24-21(28)14-26(4)13-18-7-9-19(23)10-8-18/h5-12H,13-14H2,1-4H3,(H,24,28)/p+1. The van der Waals surface area contributed by atoms with E-state index in [0.29, 0.717) is 6.54 Å². The third kappa shape index (κ3) is 4.80. The molecule has 0 spiro atoms. The van der Waals surface area contributed by atoms with Crippen LogP contribution in [0.2, 0.25) is 5.02 Å². The van der Waals surface area contributed by atoms with Gasteiger partial charge in [-0.15, -0.1) is 0 Å². The average Bonchev–Trinajstić information content (AvgIpc) is 2.92. The molecule has 0 saturated carbocycles. The zero-order chi connectivity index (χ0) is 20.3. The number of carbonyl (C=O) groups is 1. The van der Waals surface area contributed by atoms with Crippen LogP contribution in [-0.4, -0.2) is 29.3 Å². The molecule has 1 amide bonds. The highest BCUT2D eigenvalue weighted by Crippen LogP contribution is 2.22. The molecule has 2 N–H and O–H groups in total. The van der Waals surface area contributed by atoms with Crippen LogP contribution in [0.4, 0.5) is 5.69 Å². The normalized spacial score (nSPS) is 12.0. The average molecular weight is 398 g/mol. The predicted molar refractivity (Wildman–Crippen MR) is 113 cm³/mol. The number of quaternary nitrogens is 1. The number of halogens is 1. The quantitative estimate of drug-likeness (QED) is 0.671. The zero-order valence-electron chi connectivity index (χ0n) is 16.7. The van der Waals surface area contributed by atoms with Crippen molar-refractivity contribution < 1.29 is 9.69 Å². The molecule has 0 radical (unpaired) electrons. The number of aryl methyl sites for hydroxylation is 2. The van der Waals surface area contributed by atoms with Crippen LogP contribution in [0.3, 0.4) is 0 Å². The van der Waals surface area contributed by atoms with Crippen molar-refractivity contribution in [1.29, 1.82) is 0 Å². The summed E-state index contributed by atoms with van der Waals surface area (Å²) in [5, 5.41) is 8.36. The lowest BCUT2D eigenvalue weighted by atomic mass is 10.2. The van der Waals surface area contributed by atoms with Crippen molar-refractivity contribution in [3.05, 3.63) is 76.1 Å². The van der Waals surface area contributed by atoms with E-state index in [1.807, 2.05) is 62.0 Å². The summed E-state index contributed by atoms with van der Waals surface area (Å²) in [7, 11) is 2.00. The van der Waals surface area contributed by atoms with E-state index in [-0.39, 0.29) is 5.91 Å². The lowest BCUT2D eigenvalue weighted by Crippen LogP contribution is -3.08. The second-order valence-electron chi connectivity index (χ2n) is 7.28. The summed E-state index contributed by atoms with van der Waals surface area (Å²) >= 11 is 5.93. The highest BCUT2D eigenvalue weighted by Gasteiger charge is 2.17. The molecule has 3 aromatic rings. The van der Waals surface area contributed by atoms with Gasteiger partial charge in [0, 0.05) is 10.6 Å². The molecule has 28 heavy (non-hydrogen) atoms. The van der Waals surface area contributed by atoms with Gasteiger partial charge in [-0.05, 0) is 45.0 Å². The zero-order valence-corrected chi connectivity index (χ0v) is 17.5. The maximum Gasteiger partial charge on any atom is 0.279 e. The molecular formula is C22H26ClN4O+. The Morgan fingerprint density at radius 3 is 2.36 bits per heavy atom. The number of aromatic nitrogens is 2. The van der Waals surface area contributed by atoms with Crippen molar-refractivity contribution in [2.24, 2.45) is 0 Å². The van der Waals surface area contributed by atoms with E-state index < -0.39 is 0 Å². The van der Waals surface area contributed by atoms with Gasteiger partial charge in [0.2, 0.25) is 0 Å². The fraction of sp³-hybridized carbons (Fsp3) is 0.273. The topological polar surface area (TPSA) is 51.4 Å². The highest BCUT2D eigenvalue weighted by molar-refractivity contribution is 6.30. The van der Waals surface area contributed by atoms with E-state index in [4.69, 9.17) is 11.6 Å². The maximum atomic E-state index is 12.6. The Labute approximate surface area is 170 Å². The van der Waals surface area contributed by atoms with Crippen molar-refractivity contribution in [2.75, 3.05) is 18.9 Å². The van der Waals surface area contributed by atoms with Crippen LogP contribution in [0.25, 0.3) is 5.69 Å². The number of benzene rings is 2. The van der Waals surface area contributed by atoms with Gasteiger partial charge in [-0.3, -0.25) is 4.79 Å². The first-order valence-electron chi connectivity index (χ1n) is 9.32. The van der Waals surface area contributed by atoms with Gasteiger partial charge in [0.15, 0.2) is 6.54 Å². The number of nitrogens with zero attached hydrogens (tertiary/aromatic N) is 2. The summed E-state index contributed by atoms with van der Waals surface area (Å²) in [6.07, 6.45) is 0. The van der Waals surface area contributed by atoms with Crippen molar-refractivity contribution in [3.8, 4) is 5.69 Å². The van der Waals surface area contributed by atoms with Gasteiger partial charge in [0.1, 0.15) is 6.54 Å². The van der Waals surface area contributed by atoms with Gasteiger partial charge >= 0.3 is 0 Å². The maximum absolute atomic E-state index is 12.6. The molecule has 0 aliphatic heterocycles. The Bertz CT molecular complexity index is 961. The van der Waals surface area contributed by atoms with Gasteiger partial charge in [0.05, 0.1) is 29.8 Å². The summed E-state index contributed by atoms with van der Waals surface area (Å²) in [6, 6.07) is 15.9. The number of hydrogen-bond donors (Lipinski definition) is 2. The molecule has 0 aliphatic carbocycles. The van der Waals surface area contributed by atoms with Crippen LogP contribution in [-0.2, 0) is 11.3 Å². The van der Waals surface area contributed by atoms with Crippen LogP contribution in [0, 0.1) is 20.8 Å². The van der Waals surface area contributed by atoms with Gasteiger partial charge in [-0.25, -0.2) is 4.68 Å². The molecule has 3 rings (SSSR count). The Balaban J connectivity index is 1.66. The van der Waals surface area contributed by atoms with Crippen molar-refractivity contribution >= 4 is 23.2 Å². The van der Waals surface area contributed by atoms with E-state index in [1.54, 1.807) is 0 Å². The number of rotatable bonds is 6. The molecule has 1 unspecified atom stereocenters. The molecule has 6 heteroatoms. The Morgan fingerprint density at radius 1 is 1.07 bits per heavy atom. The van der Waals surface area contributed by atoms with Gasteiger partial charge in [0.25, 0.3) is 5.91 Å². The van der Waals surface area contributed by atoms with E-state index >= 15 is 0 Å². The minimum absolute atomic E-state index is 0.0267. The largest absolute Gasteiger partial charge is 0.326 e. The third-order valence-corrected chi connectivity index (χ3v) is 4.97. The van der Waals surface area contributed by atoms with Crippen molar-refractivity contribution in [3.63, 3.8) is 0 Å². The predicted octanol–water partition coefficient (Wildman–Crippen LogP) is 3.10. The summed E-state index contributed by atoms with van der Waals surface area (Å²) in [5.41, 5.74) is 5.84. The Kier molecular flexibility index (Phi) is 6.17. The van der Waals surface area contributed by atoms with Gasteiger partial charge in [-0.1, -0.05) is 41.4 Å². The Morgan fingerprint density at radius 2 is 1.71 bits per heavy atom. The summed E-state index contributed by atoms with van der Waals surface area (Å²) < 4.78 is 1.87. The third-order valence-electron chi connectivity index (χ3n) is 4.72. The smallest absolute Gasteiger partial charge is 0.279 e. The van der Waals surface area contributed by atoms with Crippen LogP contribution in [0.15, 0.2) is 48.5 Å². The minimum atomic E-state index is -0.0267. The second-order valence-corrected chi connectivity index (χ2v) is 7.71. The van der Waals surface area contributed by atoms with Crippen molar-refractivity contribution in [2.45, 2.75) is 27.3 Å². The second kappa shape index (κ2) is 8.59. The molecule has 1 atom stereocenters. The molecule has 1 aromatic heterocycles.